The SMILES string of the molecule is CCCC(C[C@H](C)C1C(C)CCCC1C)C1C(C)CCCC1C. The van der Waals surface area contributed by atoms with Crippen molar-refractivity contribution in [3.05, 3.63) is 0 Å². The van der Waals surface area contributed by atoms with Crippen molar-refractivity contribution in [1.82, 2.24) is 0 Å². The van der Waals surface area contributed by atoms with Gasteiger partial charge in [-0.3, -0.25) is 0 Å². The number of hydrogen-bond donors (Lipinski definition) is 0. The van der Waals surface area contributed by atoms with E-state index in [-0.39, 0.29) is 0 Å². The molecule has 0 amide bonds. The second-order valence-corrected chi connectivity index (χ2v) is 9.69. The van der Waals surface area contributed by atoms with Crippen molar-refractivity contribution in [2.75, 3.05) is 0 Å². The first kappa shape index (κ1) is 19.3. The lowest BCUT2D eigenvalue weighted by Crippen LogP contribution is -2.36. The Balaban J connectivity index is 2.05. The molecule has 0 saturated heterocycles. The molecule has 2 saturated carbocycles. The minimum atomic E-state index is 0.929. The zero-order valence-corrected chi connectivity index (χ0v) is 17.0. The molecule has 2 fully saturated rings. The third-order valence-corrected chi connectivity index (χ3v) is 7.80. The van der Waals surface area contributed by atoms with Gasteiger partial charge < -0.3 is 0 Å². The van der Waals surface area contributed by atoms with Crippen LogP contribution in [0.4, 0.5) is 0 Å². The van der Waals surface area contributed by atoms with E-state index in [0.717, 1.165) is 47.3 Å². The van der Waals surface area contributed by atoms with Crippen LogP contribution >= 0.6 is 0 Å². The number of hydrogen-bond acceptors (Lipinski definition) is 0. The summed E-state index contributed by atoms with van der Waals surface area (Å²) in [4.78, 5) is 0. The Morgan fingerprint density at radius 3 is 1.61 bits per heavy atom. The average molecular weight is 321 g/mol. The minimum absolute atomic E-state index is 0.929. The summed E-state index contributed by atoms with van der Waals surface area (Å²) in [5.41, 5.74) is 0. The lowest BCUT2D eigenvalue weighted by atomic mass is 9.61. The molecule has 0 aromatic carbocycles. The number of rotatable bonds is 6. The summed E-state index contributed by atoms with van der Waals surface area (Å²) < 4.78 is 0. The summed E-state index contributed by atoms with van der Waals surface area (Å²) in [6.45, 7) is 15.2. The smallest absolute Gasteiger partial charge is 0.0334 e. The van der Waals surface area contributed by atoms with Crippen molar-refractivity contribution < 1.29 is 0 Å². The predicted molar refractivity (Wildman–Crippen MR) is 104 cm³/mol. The van der Waals surface area contributed by atoms with Crippen LogP contribution in [0.2, 0.25) is 0 Å². The van der Waals surface area contributed by atoms with Gasteiger partial charge in [0.05, 0.1) is 0 Å². The van der Waals surface area contributed by atoms with E-state index in [1.807, 2.05) is 0 Å². The summed E-state index contributed by atoms with van der Waals surface area (Å²) in [5, 5.41) is 0. The quantitative estimate of drug-likeness (QED) is 0.473. The Morgan fingerprint density at radius 2 is 1.17 bits per heavy atom. The lowest BCUT2D eigenvalue weighted by Gasteiger charge is -2.44. The van der Waals surface area contributed by atoms with Gasteiger partial charge in [-0.1, -0.05) is 92.9 Å². The minimum Gasteiger partial charge on any atom is -0.0654 e. The Hall–Kier alpha value is 0. The van der Waals surface area contributed by atoms with Gasteiger partial charge in [-0.15, -0.1) is 0 Å². The molecule has 2 aliphatic rings. The van der Waals surface area contributed by atoms with Crippen molar-refractivity contribution in [2.45, 2.75) is 99.3 Å². The zero-order valence-electron chi connectivity index (χ0n) is 17.0. The molecule has 136 valence electrons. The van der Waals surface area contributed by atoms with Crippen LogP contribution in [0.3, 0.4) is 0 Å². The molecule has 0 radical (unpaired) electrons. The zero-order chi connectivity index (χ0) is 17.0. The van der Waals surface area contributed by atoms with Crippen molar-refractivity contribution in [3.63, 3.8) is 0 Å². The van der Waals surface area contributed by atoms with Gasteiger partial charge >= 0.3 is 0 Å². The molecule has 0 aliphatic heterocycles. The Labute approximate surface area is 147 Å². The molecular weight excluding hydrogens is 276 g/mol. The third kappa shape index (κ3) is 4.76. The van der Waals surface area contributed by atoms with Crippen LogP contribution < -0.4 is 0 Å². The fourth-order valence-electron chi connectivity index (χ4n) is 6.94. The van der Waals surface area contributed by atoms with Crippen LogP contribution in [0.5, 0.6) is 0 Å². The molecule has 0 bridgehead atoms. The molecule has 0 heteroatoms. The molecule has 5 unspecified atom stereocenters. The largest absolute Gasteiger partial charge is 0.0654 e. The van der Waals surface area contributed by atoms with Crippen LogP contribution in [-0.2, 0) is 0 Å². The molecule has 2 rings (SSSR count). The highest BCUT2D eigenvalue weighted by atomic mass is 14.4. The summed E-state index contributed by atoms with van der Waals surface area (Å²) in [6, 6.07) is 0. The highest BCUT2D eigenvalue weighted by molar-refractivity contribution is 4.87. The van der Waals surface area contributed by atoms with Crippen molar-refractivity contribution in [2.24, 2.45) is 47.3 Å². The molecular formula is C23H44. The maximum Gasteiger partial charge on any atom is -0.0334 e. The van der Waals surface area contributed by atoms with Crippen molar-refractivity contribution in [1.29, 1.82) is 0 Å². The molecule has 0 N–H and O–H groups in total. The molecule has 2 aliphatic carbocycles. The summed E-state index contributed by atoms with van der Waals surface area (Å²) >= 11 is 0. The van der Waals surface area contributed by atoms with E-state index >= 15 is 0 Å². The van der Waals surface area contributed by atoms with Gasteiger partial charge in [0.1, 0.15) is 0 Å². The van der Waals surface area contributed by atoms with Gasteiger partial charge in [-0.05, 0) is 53.8 Å². The van der Waals surface area contributed by atoms with Crippen molar-refractivity contribution >= 4 is 0 Å². The Bertz CT molecular complexity index is 313. The van der Waals surface area contributed by atoms with E-state index < -0.39 is 0 Å². The van der Waals surface area contributed by atoms with E-state index in [1.165, 1.54) is 57.8 Å². The first-order valence-corrected chi connectivity index (χ1v) is 11.0. The van der Waals surface area contributed by atoms with Crippen LogP contribution in [0.25, 0.3) is 0 Å². The molecule has 0 aromatic rings. The van der Waals surface area contributed by atoms with Crippen LogP contribution in [0.15, 0.2) is 0 Å². The van der Waals surface area contributed by atoms with E-state index in [9.17, 15) is 0 Å². The molecule has 0 aromatic heterocycles. The first-order chi connectivity index (χ1) is 11.0. The first-order valence-electron chi connectivity index (χ1n) is 11.0. The summed E-state index contributed by atoms with van der Waals surface area (Å²) in [7, 11) is 0. The topological polar surface area (TPSA) is 0 Å². The van der Waals surface area contributed by atoms with Crippen LogP contribution in [0.1, 0.15) is 99.3 Å². The van der Waals surface area contributed by atoms with Crippen LogP contribution in [-0.4, -0.2) is 0 Å². The highest BCUT2D eigenvalue weighted by Gasteiger charge is 2.37. The van der Waals surface area contributed by atoms with Gasteiger partial charge in [0, 0.05) is 0 Å². The maximum atomic E-state index is 2.60. The van der Waals surface area contributed by atoms with Gasteiger partial charge in [0.25, 0.3) is 0 Å². The van der Waals surface area contributed by atoms with Gasteiger partial charge in [0.2, 0.25) is 0 Å². The maximum absolute atomic E-state index is 2.60. The normalized spacial score (nSPS) is 41.5. The Morgan fingerprint density at radius 1 is 0.739 bits per heavy atom. The highest BCUT2D eigenvalue weighted by Crippen LogP contribution is 2.46. The summed E-state index contributed by atoms with van der Waals surface area (Å²) in [5.74, 6) is 7.74. The van der Waals surface area contributed by atoms with E-state index in [2.05, 4.69) is 41.5 Å². The molecule has 6 atom stereocenters. The van der Waals surface area contributed by atoms with E-state index in [0.29, 0.717) is 0 Å². The molecule has 0 spiro atoms. The summed E-state index contributed by atoms with van der Waals surface area (Å²) in [6.07, 6.45) is 13.2. The lowest BCUT2D eigenvalue weighted by molar-refractivity contribution is 0.0548. The fourth-order valence-corrected chi connectivity index (χ4v) is 6.94. The molecule has 0 nitrogen and oxygen atoms in total. The average Bonchev–Trinajstić information content (AvgIpc) is 2.47. The molecule has 0 heterocycles. The second-order valence-electron chi connectivity index (χ2n) is 9.69. The molecule has 23 heavy (non-hydrogen) atoms. The van der Waals surface area contributed by atoms with Gasteiger partial charge in [-0.2, -0.15) is 0 Å². The third-order valence-electron chi connectivity index (χ3n) is 7.80. The fraction of sp³-hybridized carbons (Fsp3) is 1.00. The van der Waals surface area contributed by atoms with E-state index in [4.69, 9.17) is 0 Å². The van der Waals surface area contributed by atoms with E-state index in [1.54, 1.807) is 0 Å². The standard InChI is InChI=1S/C23H44/c1-7-10-21(23-18(4)13-9-14-19(23)5)15-20(6)22-16(2)11-8-12-17(22)3/h16-23H,7-15H2,1-6H3/t16?,17?,18?,19?,20-,21?,22?,23?/m0/s1. The predicted octanol–water partition coefficient (Wildman–Crippen LogP) is 7.57. The van der Waals surface area contributed by atoms with Gasteiger partial charge in [0.15, 0.2) is 0 Å². The second kappa shape index (κ2) is 8.91. The van der Waals surface area contributed by atoms with Crippen molar-refractivity contribution in [3.8, 4) is 0 Å². The monoisotopic (exact) mass is 320 g/mol. The van der Waals surface area contributed by atoms with Crippen LogP contribution in [0, 0.1) is 47.3 Å². The Kier molecular flexibility index (Phi) is 7.49. The van der Waals surface area contributed by atoms with Gasteiger partial charge in [-0.25, -0.2) is 0 Å².